The lowest BCUT2D eigenvalue weighted by Crippen LogP contribution is -2.35. The molecule has 1 amide bonds. The number of rotatable bonds is 5. The number of hydrogen-bond acceptors (Lipinski definition) is 4. The Balaban J connectivity index is 1.57. The van der Waals surface area contributed by atoms with Crippen LogP contribution in [-0.2, 0) is 11.2 Å². The third-order valence-electron chi connectivity index (χ3n) is 4.19. The number of hydrogen-bond donors (Lipinski definition) is 0. The number of benzene rings is 1. The van der Waals surface area contributed by atoms with Gasteiger partial charge in [-0.25, -0.2) is 4.98 Å². The molecule has 0 N–H and O–H groups in total. The van der Waals surface area contributed by atoms with Crippen LogP contribution < -0.4 is 4.74 Å². The Morgan fingerprint density at radius 1 is 1.22 bits per heavy atom. The Labute approximate surface area is 141 Å². The van der Waals surface area contributed by atoms with Crippen molar-refractivity contribution in [1.82, 2.24) is 9.88 Å². The van der Waals surface area contributed by atoms with E-state index in [1.807, 2.05) is 29.2 Å². The summed E-state index contributed by atoms with van der Waals surface area (Å²) < 4.78 is 5.17. The van der Waals surface area contributed by atoms with Crippen LogP contribution in [0.4, 0.5) is 0 Å². The molecule has 0 saturated carbocycles. The van der Waals surface area contributed by atoms with Gasteiger partial charge in [0.15, 0.2) is 0 Å². The SMILES string of the molecule is COc1ccc(-c2nc(CCC(=O)N3CCCCC3)cs2)cc1. The topological polar surface area (TPSA) is 42.4 Å². The van der Waals surface area contributed by atoms with Crippen LogP contribution in [0.5, 0.6) is 5.75 Å². The molecular formula is C18H22N2O2S. The molecule has 1 aliphatic heterocycles. The second kappa shape index (κ2) is 7.59. The molecule has 0 bridgehead atoms. The Bertz CT molecular complexity index is 645. The highest BCUT2D eigenvalue weighted by Gasteiger charge is 2.16. The molecule has 23 heavy (non-hydrogen) atoms. The molecule has 5 heteroatoms. The first-order chi connectivity index (χ1) is 11.3. The van der Waals surface area contributed by atoms with Crippen LogP contribution in [0.2, 0.25) is 0 Å². The number of carbonyl (C=O) groups is 1. The largest absolute Gasteiger partial charge is 0.497 e. The minimum atomic E-state index is 0.267. The van der Waals surface area contributed by atoms with E-state index in [9.17, 15) is 4.79 Å². The summed E-state index contributed by atoms with van der Waals surface area (Å²) in [5.74, 6) is 1.11. The van der Waals surface area contributed by atoms with Crippen LogP contribution in [-0.4, -0.2) is 36.0 Å². The monoisotopic (exact) mass is 330 g/mol. The predicted octanol–water partition coefficient (Wildman–Crippen LogP) is 3.76. The van der Waals surface area contributed by atoms with E-state index >= 15 is 0 Å². The van der Waals surface area contributed by atoms with Gasteiger partial charge < -0.3 is 9.64 Å². The van der Waals surface area contributed by atoms with Crippen LogP contribution in [0.3, 0.4) is 0 Å². The summed E-state index contributed by atoms with van der Waals surface area (Å²) in [5.41, 5.74) is 2.09. The minimum Gasteiger partial charge on any atom is -0.497 e. The summed E-state index contributed by atoms with van der Waals surface area (Å²) >= 11 is 1.63. The molecule has 0 spiro atoms. The number of likely N-dealkylation sites (tertiary alicyclic amines) is 1. The van der Waals surface area contributed by atoms with E-state index in [0.717, 1.165) is 54.4 Å². The highest BCUT2D eigenvalue weighted by Crippen LogP contribution is 2.26. The van der Waals surface area contributed by atoms with E-state index in [-0.39, 0.29) is 5.91 Å². The highest BCUT2D eigenvalue weighted by atomic mass is 32.1. The van der Waals surface area contributed by atoms with E-state index in [4.69, 9.17) is 4.74 Å². The summed E-state index contributed by atoms with van der Waals surface area (Å²) in [4.78, 5) is 18.9. The fourth-order valence-electron chi connectivity index (χ4n) is 2.82. The Hall–Kier alpha value is -1.88. The van der Waals surface area contributed by atoms with E-state index in [0.29, 0.717) is 6.42 Å². The van der Waals surface area contributed by atoms with Crippen molar-refractivity contribution in [2.75, 3.05) is 20.2 Å². The van der Waals surface area contributed by atoms with E-state index < -0.39 is 0 Å². The van der Waals surface area contributed by atoms with Gasteiger partial charge in [0.1, 0.15) is 10.8 Å². The van der Waals surface area contributed by atoms with Crippen molar-refractivity contribution in [3.8, 4) is 16.3 Å². The van der Waals surface area contributed by atoms with E-state index in [1.165, 1.54) is 6.42 Å². The van der Waals surface area contributed by atoms with Crippen LogP contribution >= 0.6 is 11.3 Å². The predicted molar refractivity (Wildman–Crippen MR) is 92.9 cm³/mol. The number of amides is 1. The van der Waals surface area contributed by atoms with Crippen LogP contribution in [0.25, 0.3) is 10.6 Å². The normalized spacial score (nSPS) is 14.7. The minimum absolute atomic E-state index is 0.267. The lowest BCUT2D eigenvalue weighted by atomic mass is 10.1. The molecule has 122 valence electrons. The van der Waals surface area contributed by atoms with E-state index in [1.54, 1.807) is 18.4 Å². The first-order valence-electron chi connectivity index (χ1n) is 8.13. The van der Waals surface area contributed by atoms with Gasteiger partial charge in [-0.15, -0.1) is 11.3 Å². The zero-order valence-electron chi connectivity index (χ0n) is 13.5. The molecular weight excluding hydrogens is 308 g/mol. The van der Waals surface area contributed by atoms with Crippen molar-refractivity contribution in [1.29, 1.82) is 0 Å². The number of aromatic nitrogens is 1. The smallest absolute Gasteiger partial charge is 0.222 e. The molecule has 2 heterocycles. The summed E-state index contributed by atoms with van der Waals surface area (Å²) in [6, 6.07) is 7.91. The summed E-state index contributed by atoms with van der Waals surface area (Å²) in [7, 11) is 1.66. The summed E-state index contributed by atoms with van der Waals surface area (Å²) in [6.45, 7) is 1.85. The first kappa shape index (κ1) is 16.0. The van der Waals surface area contributed by atoms with Gasteiger partial charge in [-0.1, -0.05) is 0 Å². The molecule has 1 fully saturated rings. The molecule has 0 unspecified atom stereocenters. The standard InChI is InChI=1S/C18H22N2O2S/c1-22-16-8-5-14(6-9-16)18-19-15(13-23-18)7-10-17(21)20-11-3-2-4-12-20/h5-6,8-9,13H,2-4,7,10-12H2,1H3. The Morgan fingerprint density at radius 2 is 1.96 bits per heavy atom. The quantitative estimate of drug-likeness (QED) is 0.838. The number of carbonyl (C=O) groups excluding carboxylic acids is 1. The number of aryl methyl sites for hydroxylation is 1. The number of ether oxygens (including phenoxy) is 1. The third kappa shape index (κ3) is 4.10. The van der Waals surface area contributed by atoms with E-state index in [2.05, 4.69) is 10.4 Å². The second-order valence-corrected chi connectivity index (χ2v) is 6.67. The lowest BCUT2D eigenvalue weighted by Gasteiger charge is -2.26. The van der Waals surface area contributed by atoms with Gasteiger partial charge in [0.05, 0.1) is 12.8 Å². The third-order valence-corrected chi connectivity index (χ3v) is 5.13. The molecule has 3 rings (SSSR count). The highest BCUT2D eigenvalue weighted by molar-refractivity contribution is 7.13. The number of nitrogens with zero attached hydrogens (tertiary/aromatic N) is 2. The molecule has 1 aliphatic rings. The van der Waals surface area contributed by atoms with Crippen molar-refractivity contribution in [3.05, 3.63) is 35.3 Å². The lowest BCUT2D eigenvalue weighted by molar-refractivity contribution is -0.132. The van der Waals surface area contributed by atoms with Gasteiger partial charge in [-0.05, 0) is 49.9 Å². The number of piperidine rings is 1. The van der Waals surface area contributed by atoms with Gasteiger partial charge in [-0.2, -0.15) is 0 Å². The molecule has 0 aliphatic carbocycles. The average Bonchev–Trinajstić information content (AvgIpc) is 3.09. The van der Waals surface area contributed by atoms with Gasteiger partial charge >= 0.3 is 0 Å². The van der Waals surface area contributed by atoms with Crippen molar-refractivity contribution in [2.45, 2.75) is 32.1 Å². The van der Waals surface area contributed by atoms with Crippen molar-refractivity contribution >= 4 is 17.2 Å². The Morgan fingerprint density at radius 3 is 2.65 bits per heavy atom. The second-order valence-electron chi connectivity index (χ2n) is 5.81. The molecule has 2 aromatic rings. The zero-order valence-corrected chi connectivity index (χ0v) is 14.3. The van der Waals surface area contributed by atoms with Crippen LogP contribution in [0.15, 0.2) is 29.6 Å². The molecule has 1 aromatic carbocycles. The Kier molecular flexibility index (Phi) is 5.28. The van der Waals surface area contributed by atoms with Crippen LogP contribution in [0.1, 0.15) is 31.4 Å². The maximum absolute atomic E-state index is 12.2. The van der Waals surface area contributed by atoms with Crippen molar-refractivity contribution < 1.29 is 9.53 Å². The zero-order chi connectivity index (χ0) is 16.1. The fraction of sp³-hybridized carbons (Fsp3) is 0.444. The average molecular weight is 330 g/mol. The van der Waals surface area contributed by atoms with Crippen molar-refractivity contribution in [2.24, 2.45) is 0 Å². The summed E-state index contributed by atoms with van der Waals surface area (Å²) in [6.07, 6.45) is 4.82. The van der Waals surface area contributed by atoms with Crippen LogP contribution in [0, 0.1) is 0 Å². The van der Waals surface area contributed by atoms with Crippen molar-refractivity contribution in [3.63, 3.8) is 0 Å². The molecule has 1 aromatic heterocycles. The first-order valence-corrected chi connectivity index (χ1v) is 9.01. The molecule has 0 radical (unpaired) electrons. The fourth-order valence-corrected chi connectivity index (χ4v) is 3.68. The van der Waals surface area contributed by atoms with Gasteiger partial charge in [0, 0.05) is 30.5 Å². The molecule has 1 saturated heterocycles. The molecule has 4 nitrogen and oxygen atoms in total. The maximum Gasteiger partial charge on any atom is 0.222 e. The van der Waals surface area contributed by atoms with Gasteiger partial charge in [-0.3, -0.25) is 4.79 Å². The number of thiazole rings is 1. The van der Waals surface area contributed by atoms with Gasteiger partial charge in [0.2, 0.25) is 5.91 Å². The molecule has 0 atom stereocenters. The number of methoxy groups -OCH3 is 1. The summed E-state index contributed by atoms with van der Waals surface area (Å²) in [5, 5.41) is 3.05. The van der Waals surface area contributed by atoms with Gasteiger partial charge in [0.25, 0.3) is 0 Å². The maximum atomic E-state index is 12.2.